The van der Waals surface area contributed by atoms with E-state index in [0.29, 0.717) is 24.3 Å². The quantitative estimate of drug-likeness (QED) is 0.0675. The SMILES string of the molecule is COc1ccc2nccc(C(CC3CCC(NC(CC4=CC=CCC4)C4=COC=CO4)CC3)OC(=O)C(=O)OC(CC3CCC(NC(C4=CC=CCC4)C4=COC=CO4)CC3)c3ccnc4ccc(OC)cc34)c2c1. The van der Waals surface area contributed by atoms with Crippen molar-refractivity contribution in [3.05, 3.63) is 169 Å². The Balaban J connectivity index is 0.854. The van der Waals surface area contributed by atoms with E-state index < -0.39 is 24.1 Å². The highest BCUT2D eigenvalue weighted by molar-refractivity contribution is 6.29. The van der Waals surface area contributed by atoms with Crippen molar-refractivity contribution in [1.82, 2.24) is 20.6 Å². The summed E-state index contributed by atoms with van der Waals surface area (Å²) in [4.78, 5) is 38.2. The maximum Gasteiger partial charge on any atom is 0.418 e. The van der Waals surface area contributed by atoms with Crippen LogP contribution in [-0.2, 0) is 38.0 Å². The van der Waals surface area contributed by atoms with E-state index in [1.807, 2.05) is 48.5 Å². The lowest BCUT2D eigenvalue weighted by atomic mass is 9.81. The number of hydrogen-bond acceptors (Lipinski definition) is 14. The second-order valence-electron chi connectivity index (χ2n) is 20.4. The molecule has 4 atom stereocenters. The minimum atomic E-state index is -1.04. The number of benzene rings is 2. The molecular weight excluding hydrogens is 949 g/mol. The number of ether oxygens (including phenoxy) is 8. The van der Waals surface area contributed by atoms with Gasteiger partial charge in [0, 0.05) is 46.4 Å². The summed E-state index contributed by atoms with van der Waals surface area (Å²) < 4.78 is 47.1. The molecule has 10 rings (SSSR count). The summed E-state index contributed by atoms with van der Waals surface area (Å²) in [6.07, 6.45) is 37.5. The van der Waals surface area contributed by atoms with Crippen LogP contribution in [0.2, 0.25) is 0 Å². The Labute approximate surface area is 439 Å². The number of pyridine rings is 2. The molecule has 4 unspecified atom stereocenters. The van der Waals surface area contributed by atoms with E-state index >= 15 is 0 Å². The summed E-state index contributed by atoms with van der Waals surface area (Å²) >= 11 is 0. The number of rotatable bonds is 19. The number of aromatic nitrogens is 2. The van der Waals surface area contributed by atoms with Crippen LogP contribution in [0.1, 0.15) is 120 Å². The molecule has 2 aliphatic heterocycles. The monoisotopic (exact) mass is 1020 g/mol. The summed E-state index contributed by atoms with van der Waals surface area (Å²) in [6.45, 7) is 0. The van der Waals surface area contributed by atoms with Crippen LogP contribution in [0.25, 0.3) is 21.8 Å². The third kappa shape index (κ3) is 13.0. The molecule has 4 aliphatic carbocycles. The molecule has 392 valence electrons. The molecule has 0 radical (unpaired) electrons. The number of fused-ring (bicyclic) bond motifs is 2. The number of esters is 2. The van der Waals surface area contributed by atoms with Crippen molar-refractivity contribution >= 4 is 33.7 Å². The van der Waals surface area contributed by atoms with E-state index in [0.717, 1.165) is 128 Å². The predicted octanol–water partition coefficient (Wildman–Crippen LogP) is 12.1. The molecule has 0 amide bonds. The van der Waals surface area contributed by atoms with E-state index in [-0.39, 0.29) is 36.0 Å². The van der Waals surface area contributed by atoms with Gasteiger partial charge in [0.25, 0.3) is 0 Å². The van der Waals surface area contributed by atoms with Crippen molar-refractivity contribution in [1.29, 1.82) is 0 Å². The van der Waals surface area contributed by atoms with Gasteiger partial charge in [-0.1, -0.05) is 42.0 Å². The zero-order chi connectivity index (χ0) is 51.3. The number of nitrogens with zero attached hydrogens (tertiary/aromatic N) is 2. The third-order valence-corrected chi connectivity index (χ3v) is 15.6. The van der Waals surface area contributed by atoms with Crippen molar-refractivity contribution in [2.75, 3.05) is 14.2 Å². The predicted molar refractivity (Wildman–Crippen MR) is 285 cm³/mol. The highest BCUT2D eigenvalue weighted by atomic mass is 16.6. The molecule has 2 N–H and O–H groups in total. The Morgan fingerprint density at radius 3 is 1.65 bits per heavy atom. The minimum Gasteiger partial charge on any atom is -0.497 e. The number of hydrogen-bond donors (Lipinski definition) is 2. The maximum absolute atomic E-state index is 14.5. The number of nitrogens with one attached hydrogen (secondary N) is 2. The summed E-state index contributed by atoms with van der Waals surface area (Å²) in [6, 6.07) is 15.4. The molecule has 75 heavy (non-hydrogen) atoms. The van der Waals surface area contributed by atoms with Gasteiger partial charge in [-0.2, -0.15) is 0 Å². The van der Waals surface area contributed by atoms with E-state index in [1.54, 1.807) is 51.7 Å². The first kappa shape index (κ1) is 51.3. The zero-order valence-electron chi connectivity index (χ0n) is 42.9. The highest BCUT2D eigenvalue weighted by Gasteiger charge is 2.35. The van der Waals surface area contributed by atoms with Crippen LogP contribution in [0, 0.1) is 11.8 Å². The lowest BCUT2D eigenvalue weighted by molar-refractivity contribution is -0.175. The molecule has 14 heteroatoms. The van der Waals surface area contributed by atoms with Crippen molar-refractivity contribution in [3.63, 3.8) is 0 Å². The molecule has 0 bridgehead atoms. The smallest absolute Gasteiger partial charge is 0.418 e. The zero-order valence-corrected chi connectivity index (χ0v) is 42.9. The average Bonchev–Trinajstić information content (AvgIpc) is 3.47. The van der Waals surface area contributed by atoms with Crippen LogP contribution in [0.15, 0.2) is 158 Å². The molecule has 2 aromatic heterocycles. The largest absolute Gasteiger partial charge is 0.497 e. The Hall–Kier alpha value is -7.16. The van der Waals surface area contributed by atoms with Crippen molar-refractivity contribution in [2.45, 2.75) is 133 Å². The Bertz CT molecular complexity index is 2920. The second kappa shape index (κ2) is 24.9. The summed E-state index contributed by atoms with van der Waals surface area (Å²) in [5.41, 5.74) is 5.60. The molecule has 6 aliphatic rings. The highest BCUT2D eigenvalue weighted by Crippen LogP contribution is 2.41. The Morgan fingerprint density at radius 2 is 1.16 bits per heavy atom. The van der Waals surface area contributed by atoms with E-state index in [1.165, 1.54) is 23.7 Å². The van der Waals surface area contributed by atoms with Gasteiger partial charge in [-0.05, 0) is 162 Å². The van der Waals surface area contributed by atoms with Gasteiger partial charge < -0.3 is 48.5 Å². The maximum atomic E-state index is 14.5. The average molecular weight is 1020 g/mol. The van der Waals surface area contributed by atoms with Crippen LogP contribution in [-0.4, -0.2) is 60.3 Å². The van der Waals surface area contributed by atoms with Gasteiger partial charge in [0.15, 0.2) is 11.5 Å². The van der Waals surface area contributed by atoms with E-state index in [4.69, 9.17) is 37.9 Å². The summed E-state index contributed by atoms with van der Waals surface area (Å²) in [5, 5.41) is 9.37. The van der Waals surface area contributed by atoms with Gasteiger partial charge in [0.1, 0.15) is 61.3 Å². The first-order chi connectivity index (χ1) is 36.9. The molecule has 0 saturated heterocycles. The second-order valence-corrected chi connectivity index (χ2v) is 20.4. The number of allylic oxidation sites excluding steroid dienone is 6. The van der Waals surface area contributed by atoms with Gasteiger partial charge >= 0.3 is 11.9 Å². The van der Waals surface area contributed by atoms with Crippen LogP contribution in [0.4, 0.5) is 0 Å². The first-order valence-electron chi connectivity index (χ1n) is 26.7. The van der Waals surface area contributed by atoms with Crippen LogP contribution < -0.4 is 20.1 Å². The summed E-state index contributed by atoms with van der Waals surface area (Å²) in [7, 11) is 3.24. The minimum absolute atomic E-state index is 0.0384. The van der Waals surface area contributed by atoms with Gasteiger partial charge in [-0.25, -0.2) is 9.59 Å². The fourth-order valence-corrected chi connectivity index (χ4v) is 11.6. The Morgan fingerprint density at radius 1 is 0.627 bits per heavy atom. The van der Waals surface area contributed by atoms with Crippen molar-refractivity contribution in [2.24, 2.45) is 11.8 Å². The van der Waals surface area contributed by atoms with Gasteiger partial charge in [0.2, 0.25) is 0 Å². The topological polar surface area (TPSA) is 158 Å². The fraction of sp³-hybridized carbons (Fsp3) is 0.410. The molecule has 2 saturated carbocycles. The molecule has 4 heterocycles. The van der Waals surface area contributed by atoms with Crippen LogP contribution in [0.3, 0.4) is 0 Å². The number of carbonyl (C=O) groups is 2. The normalized spacial score (nSPS) is 22.9. The molecule has 4 aromatic rings. The van der Waals surface area contributed by atoms with E-state index in [2.05, 4.69) is 57.1 Å². The van der Waals surface area contributed by atoms with E-state index in [9.17, 15) is 9.59 Å². The molecular formula is C61H68N4O10. The van der Waals surface area contributed by atoms with Crippen LogP contribution in [0.5, 0.6) is 11.5 Å². The van der Waals surface area contributed by atoms with Crippen LogP contribution >= 0.6 is 0 Å². The summed E-state index contributed by atoms with van der Waals surface area (Å²) in [5.74, 6) is 1.11. The number of methoxy groups -OCH3 is 2. The molecule has 14 nitrogen and oxygen atoms in total. The Kier molecular flexibility index (Phi) is 17.1. The lowest BCUT2D eigenvalue weighted by Gasteiger charge is -2.35. The lowest BCUT2D eigenvalue weighted by Crippen LogP contribution is -2.43. The first-order valence-corrected chi connectivity index (χ1v) is 26.7. The van der Waals surface area contributed by atoms with Gasteiger partial charge in [0.05, 0.1) is 37.3 Å². The van der Waals surface area contributed by atoms with Crippen molar-refractivity contribution in [3.8, 4) is 11.5 Å². The van der Waals surface area contributed by atoms with Gasteiger partial charge in [-0.3, -0.25) is 9.97 Å². The number of carbonyl (C=O) groups excluding carboxylic acids is 2. The van der Waals surface area contributed by atoms with Crippen molar-refractivity contribution < 1.29 is 47.5 Å². The van der Waals surface area contributed by atoms with Gasteiger partial charge in [-0.15, -0.1) is 0 Å². The third-order valence-electron chi connectivity index (χ3n) is 15.6. The fourth-order valence-electron chi connectivity index (χ4n) is 11.6. The molecule has 2 fully saturated rings. The standard InChI is InChI=1S/C61H68N4O10/c1-68-46-21-23-52-50(36-46)48(25-27-62-52)55(34-41-13-17-44(18-14-41)64-54(57-38-70-29-31-72-57)33-40-9-5-3-6-10-40)74-60(66)61(67)75-56(49-26-28-63-53-24-22-47(69-2)37-51(49)53)35-42-15-19-45(20-16-42)65-59(43-11-7-4-8-12-43)58-39-71-30-32-73-58/h3-5,7,9,11,21-32,36-39,41-42,44-45,54-56,59,64-65H,6,8,10,12-20,33-35H2,1-2H3. The molecule has 0 spiro atoms. The molecule has 2 aromatic carbocycles.